The highest BCUT2D eigenvalue weighted by molar-refractivity contribution is 5.82. The SMILES string of the molecule is CCCCC(CCC)N1CCCC(NC)C1=O. The first-order chi connectivity index (χ1) is 8.24. The lowest BCUT2D eigenvalue weighted by molar-refractivity contribution is -0.138. The monoisotopic (exact) mass is 240 g/mol. The van der Waals surface area contributed by atoms with Gasteiger partial charge in [0.15, 0.2) is 0 Å². The summed E-state index contributed by atoms with van der Waals surface area (Å²) in [5, 5.41) is 3.15. The van der Waals surface area contributed by atoms with Crippen LogP contribution in [0.3, 0.4) is 0 Å². The molecule has 1 fully saturated rings. The number of nitrogens with zero attached hydrogens (tertiary/aromatic N) is 1. The van der Waals surface area contributed by atoms with E-state index in [4.69, 9.17) is 0 Å². The van der Waals surface area contributed by atoms with Gasteiger partial charge in [-0.25, -0.2) is 0 Å². The van der Waals surface area contributed by atoms with Crippen molar-refractivity contribution in [1.82, 2.24) is 10.2 Å². The summed E-state index contributed by atoms with van der Waals surface area (Å²) in [5.74, 6) is 0.327. The Morgan fingerprint density at radius 1 is 1.35 bits per heavy atom. The molecule has 0 saturated carbocycles. The lowest BCUT2D eigenvalue weighted by Gasteiger charge is -2.38. The van der Waals surface area contributed by atoms with Gasteiger partial charge in [-0.15, -0.1) is 0 Å². The van der Waals surface area contributed by atoms with E-state index < -0.39 is 0 Å². The summed E-state index contributed by atoms with van der Waals surface area (Å²) in [5.41, 5.74) is 0. The Kier molecular flexibility index (Phi) is 6.56. The van der Waals surface area contributed by atoms with Crippen molar-refractivity contribution < 1.29 is 4.79 Å². The quantitative estimate of drug-likeness (QED) is 0.742. The van der Waals surface area contributed by atoms with Crippen molar-refractivity contribution >= 4 is 5.91 Å². The number of unbranched alkanes of at least 4 members (excludes halogenated alkanes) is 1. The van der Waals surface area contributed by atoms with Gasteiger partial charge in [-0.05, 0) is 32.7 Å². The molecule has 0 bridgehead atoms. The maximum Gasteiger partial charge on any atom is 0.239 e. The van der Waals surface area contributed by atoms with Crippen molar-refractivity contribution in [3.8, 4) is 0 Å². The fourth-order valence-corrected chi connectivity index (χ4v) is 2.76. The molecule has 0 aromatic heterocycles. The Bertz CT molecular complexity index is 230. The van der Waals surface area contributed by atoms with E-state index in [0.29, 0.717) is 11.9 Å². The number of carbonyl (C=O) groups excluding carboxylic acids is 1. The molecule has 1 aliphatic heterocycles. The van der Waals surface area contributed by atoms with Gasteiger partial charge < -0.3 is 10.2 Å². The molecular weight excluding hydrogens is 212 g/mol. The van der Waals surface area contributed by atoms with E-state index in [1.54, 1.807) is 0 Å². The normalized spacial score (nSPS) is 22.9. The molecule has 1 rings (SSSR count). The van der Waals surface area contributed by atoms with Gasteiger partial charge in [0.25, 0.3) is 0 Å². The van der Waals surface area contributed by atoms with Gasteiger partial charge in [0, 0.05) is 12.6 Å². The van der Waals surface area contributed by atoms with Gasteiger partial charge in [0.1, 0.15) is 0 Å². The second-order valence-corrected chi connectivity index (χ2v) is 5.10. The van der Waals surface area contributed by atoms with Crippen LogP contribution in [0.25, 0.3) is 0 Å². The minimum Gasteiger partial charge on any atom is -0.338 e. The highest BCUT2D eigenvalue weighted by Gasteiger charge is 2.31. The molecule has 3 heteroatoms. The molecule has 0 aliphatic carbocycles. The molecule has 2 atom stereocenters. The maximum absolute atomic E-state index is 12.3. The highest BCUT2D eigenvalue weighted by atomic mass is 16.2. The van der Waals surface area contributed by atoms with E-state index in [0.717, 1.165) is 25.8 Å². The molecule has 0 spiro atoms. The van der Waals surface area contributed by atoms with E-state index >= 15 is 0 Å². The molecular formula is C14H28N2O. The molecule has 1 N–H and O–H groups in total. The average Bonchev–Trinajstić information content (AvgIpc) is 2.35. The van der Waals surface area contributed by atoms with Crippen LogP contribution in [0.4, 0.5) is 0 Å². The Morgan fingerprint density at radius 3 is 2.71 bits per heavy atom. The van der Waals surface area contributed by atoms with E-state index in [2.05, 4.69) is 24.1 Å². The molecule has 0 aromatic carbocycles. The minimum absolute atomic E-state index is 0.0599. The number of nitrogens with one attached hydrogen (secondary N) is 1. The van der Waals surface area contributed by atoms with Gasteiger partial charge in [-0.2, -0.15) is 0 Å². The molecule has 17 heavy (non-hydrogen) atoms. The van der Waals surface area contributed by atoms with E-state index in [9.17, 15) is 4.79 Å². The summed E-state index contributed by atoms with van der Waals surface area (Å²) in [7, 11) is 1.90. The van der Waals surface area contributed by atoms with E-state index in [1.165, 1.54) is 25.7 Å². The summed E-state index contributed by atoms with van der Waals surface area (Å²) < 4.78 is 0. The van der Waals surface area contributed by atoms with Crippen LogP contribution in [-0.2, 0) is 4.79 Å². The molecule has 1 saturated heterocycles. The van der Waals surface area contributed by atoms with Crippen molar-refractivity contribution in [1.29, 1.82) is 0 Å². The fraction of sp³-hybridized carbons (Fsp3) is 0.929. The van der Waals surface area contributed by atoms with Crippen LogP contribution in [0, 0.1) is 0 Å². The van der Waals surface area contributed by atoms with Crippen molar-refractivity contribution in [2.24, 2.45) is 0 Å². The Morgan fingerprint density at radius 2 is 2.12 bits per heavy atom. The summed E-state index contributed by atoms with van der Waals surface area (Å²) in [6.07, 6.45) is 8.09. The lowest BCUT2D eigenvalue weighted by Crippen LogP contribution is -2.53. The first-order valence-corrected chi connectivity index (χ1v) is 7.22. The van der Waals surface area contributed by atoms with Gasteiger partial charge in [0.05, 0.1) is 6.04 Å². The first kappa shape index (κ1) is 14.5. The highest BCUT2D eigenvalue weighted by Crippen LogP contribution is 2.21. The number of amides is 1. The van der Waals surface area contributed by atoms with E-state index in [1.807, 2.05) is 7.05 Å². The standard InChI is InChI=1S/C14H28N2O/c1-4-6-9-12(8-5-2)16-11-7-10-13(15-3)14(16)17/h12-13,15H,4-11H2,1-3H3. The Hall–Kier alpha value is -0.570. The van der Waals surface area contributed by atoms with Crippen LogP contribution < -0.4 is 5.32 Å². The summed E-state index contributed by atoms with van der Waals surface area (Å²) in [6, 6.07) is 0.535. The fourth-order valence-electron chi connectivity index (χ4n) is 2.76. The predicted molar refractivity (Wildman–Crippen MR) is 72.0 cm³/mol. The number of likely N-dealkylation sites (N-methyl/N-ethyl adjacent to an activating group) is 1. The number of carbonyl (C=O) groups is 1. The zero-order valence-corrected chi connectivity index (χ0v) is 11.7. The van der Waals surface area contributed by atoms with Crippen LogP contribution in [0.1, 0.15) is 58.8 Å². The molecule has 1 amide bonds. The van der Waals surface area contributed by atoms with E-state index in [-0.39, 0.29) is 6.04 Å². The van der Waals surface area contributed by atoms with Crippen LogP contribution >= 0.6 is 0 Å². The molecule has 100 valence electrons. The topological polar surface area (TPSA) is 32.3 Å². The first-order valence-electron chi connectivity index (χ1n) is 7.22. The third-order valence-corrected chi connectivity index (χ3v) is 3.78. The molecule has 0 aromatic rings. The number of likely N-dealkylation sites (tertiary alicyclic amines) is 1. The molecule has 1 aliphatic rings. The number of piperidine rings is 1. The zero-order chi connectivity index (χ0) is 12.7. The van der Waals surface area contributed by atoms with Crippen LogP contribution in [0.5, 0.6) is 0 Å². The zero-order valence-electron chi connectivity index (χ0n) is 11.7. The molecule has 0 radical (unpaired) electrons. The van der Waals surface area contributed by atoms with Gasteiger partial charge in [0.2, 0.25) is 5.91 Å². The molecule has 2 unspecified atom stereocenters. The minimum atomic E-state index is 0.0599. The summed E-state index contributed by atoms with van der Waals surface area (Å²) >= 11 is 0. The van der Waals surface area contributed by atoms with Gasteiger partial charge in [-0.3, -0.25) is 4.79 Å². The van der Waals surface area contributed by atoms with Crippen molar-refractivity contribution in [3.05, 3.63) is 0 Å². The van der Waals surface area contributed by atoms with Crippen LogP contribution in [0.15, 0.2) is 0 Å². The molecule has 3 nitrogen and oxygen atoms in total. The van der Waals surface area contributed by atoms with Crippen LogP contribution in [-0.4, -0.2) is 36.5 Å². The third kappa shape index (κ3) is 3.98. The largest absolute Gasteiger partial charge is 0.338 e. The Labute approximate surface area is 106 Å². The van der Waals surface area contributed by atoms with Crippen molar-refractivity contribution in [3.63, 3.8) is 0 Å². The van der Waals surface area contributed by atoms with Crippen molar-refractivity contribution in [2.45, 2.75) is 70.9 Å². The number of hydrogen-bond acceptors (Lipinski definition) is 2. The molecule has 1 heterocycles. The third-order valence-electron chi connectivity index (χ3n) is 3.78. The van der Waals surface area contributed by atoms with Gasteiger partial charge in [-0.1, -0.05) is 33.1 Å². The predicted octanol–water partition coefficient (Wildman–Crippen LogP) is 2.56. The lowest BCUT2D eigenvalue weighted by atomic mass is 9.97. The summed E-state index contributed by atoms with van der Waals surface area (Å²) in [6.45, 7) is 5.39. The van der Waals surface area contributed by atoms with Gasteiger partial charge >= 0.3 is 0 Å². The van der Waals surface area contributed by atoms with Crippen molar-refractivity contribution in [2.75, 3.05) is 13.6 Å². The van der Waals surface area contributed by atoms with Crippen LogP contribution in [0.2, 0.25) is 0 Å². The Balaban J connectivity index is 2.60. The average molecular weight is 240 g/mol. The second-order valence-electron chi connectivity index (χ2n) is 5.10. The second kappa shape index (κ2) is 7.70. The number of hydrogen-bond donors (Lipinski definition) is 1. The smallest absolute Gasteiger partial charge is 0.239 e. The number of rotatable bonds is 7. The summed E-state index contributed by atoms with van der Waals surface area (Å²) in [4.78, 5) is 14.4. The maximum atomic E-state index is 12.3.